The highest BCUT2D eigenvalue weighted by molar-refractivity contribution is 5.98. The number of amides is 11. The number of phenolic OH excluding ortho intramolecular Hbond substituents is 1. The quantitative estimate of drug-likeness (QED) is 0.0341. The number of nitrogens with one attached hydrogen (secondary N) is 7. The molecule has 0 aliphatic heterocycles. The van der Waals surface area contributed by atoms with Crippen LogP contribution in [0.3, 0.4) is 0 Å². The number of likely N-dealkylation sites (N-methyl/N-ethyl adjacent to an activating group) is 1. The Labute approximate surface area is 380 Å². The van der Waals surface area contributed by atoms with Crippen molar-refractivity contribution in [3.8, 4) is 5.75 Å². The molecule has 2 aromatic rings. The molecule has 24 heteroatoms. The highest BCUT2D eigenvalue weighted by Crippen LogP contribution is 2.13. The van der Waals surface area contributed by atoms with Crippen LogP contribution in [-0.4, -0.2) is 138 Å². The van der Waals surface area contributed by atoms with Crippen LogP contribution < -0.4 is 60.2 Å². The number of carbonyl (C=O) groups excluding carboxylic acids is 11. The van der Waals surface area contributed by atoms with E-state index in [1.165, 1.54) is 19.2 Å². The molecule has 0 heterocycles. The number of phenols is 1. The molecule has 0 radical (unpaired) electrons. The fourth-order valence-electron chi connectivity index (χ4n) is 6.23. The predicted molar refractivity (Wildman–Crippen MR) is 235 cm³/mol. The van der Waals surface area contributed by atoms with Gasteiger partial charge < -0.3 is 70.2 Å². The van der Waals surface area contributed by atoms with Crippen LogP contribution in [0.1, 0.15) is 50.7 Å². The van der Waals surface area contributed by atoms with Crippen LogP contribution in [0, 0.1) is 5.92 Å². The summed E-state index contributed by atoms with van der Waals surface area (Å²) in [5, 5.41) is 26.3. The number of benzene rings is 2. The lowest BCUT2D eigenvalue weighted by atomic mass is 9.96. The van der Waals surface area contributed by atoms with Crippen molar-refractivity contribution in [1.82, 2.24) is 42.1 Å². The highest BCUT2D eigenvalue weighted by Gasteiger charge is 2.35. The van der Waals surface area contributed by atoms with Crippen LogP contribution in [-0.2, 0) is 65.6 Å². The number of aromatic hydroxyl groups is 1. The zero-order chi connectivity index (χ0) is 49.5. The molecular formula is C42H60N12O12. The molecule has 24 nitrogen and oxygen atoms in total. The fourth-order valence-corrected chi connectivity index (χ4v) is 6.23. The zero-order valence-electron chi connectivity index (χ0n) is 36.9. The van der Waals surface area contributed by atoms with Gasteiger partial charge in [-0.25, -0.2) is 0 Å². The Kier molecular flexibility index (Phi) is 22.7. The van der Waals surface area contributed by atoms with Gasteiger partial charge in [0.1, 0.15) is 36.0 Å². The molecule has 2 rings (SSSR count). The van der Waals surface area contributed by atoms with E-state index < -0.39 is 140 Å². The van der Waals surface area contributed by atoms with Crippen molar-refractivity contribution < 1.29 is 57.8 Å². The number of hydrogen-bond acceptors (Lipinski definition) is 13. The second-order valence-electron chi connectivity index (χ2n) is 15.4. The molecule has 7 atom stereocenters. The van der Waals surface area contributed by atoms with E-state index in [-0.39, 0.29) is 25.0 Å². The number of nitrogens with zero attached hydrogens (tertiary/aromatic N) is 1. The smallest absolute Gasteiger partial charge is 0.247 e. The summed E-state index contributed by atoms with van der Waals surface area (Å²) in [6, 6.07) is 5.88. The second kappa shape index (κ2) is 27.5. The van der Waals surface area contributed by atoms with Crippen molar-refractivity contribution in [3.63, 3.8) is 0 Å². The van der Waals surface area contributed by atoms with Gasteiger partial charge in [-0.2, -0.15) is 0 Å². The van der Waals surface area contributed by atoms with Crippen molar-refractivity contribution in [1.29, 1.82) is 0 Å². The minimum atomic E-state index is -1.82. The van der Waals surface area contributed by atoms with Gasteiger partial charge in [0, 0.05) is 26.4 Å². The average Bonchev–Trinajstić information content (AvgIpc) is 3.26. The lowest BCUT2D eigenvalue weighted by Crippen LogP contribution is -2.61. The Hall–Kier alpha value is -7.63. The maximum atomic E-state index is 13.8. The first-order valence-electron chi connectivity index (χ1n) is 20.8. The molecule has 11 amide bonds. The number of carbonyl (C=O) groups is 11. The van der Waals surface area contributed by atoms with Crippen LogP contribution in [0.4, 0.5) is 0 Å². The van der Waals surface area contributed by atoms with Gasteiger partial charge in [-0.05, 0) is 42.0 Å². The topological polar surface area (TPSA) is 400 Å². The van der Waals surface area contributed by atoms with Gasteiger partial charge >= 0.3 is 0 Å². The largest absolute Gasteiger partial charge is 0.508 e. The average molecular weight is 925 g/mol. The van der Waals surface area contributed by atoms with Crippen LogP contribution in [0.2, 0.25) is 0 Å². The van der Waals surface area contributed by atoms with E-state index in [4.69, 9.17) is 22.9 Å². The molecule has 0 saturated carbocycles. The third-order valence-electron chi connectivity index (χ3n) is 10.0. The van der Waals surface area contributed by atoms with Crippen LogP contribution in [0.25, 0.3) is 0 Å². The van der Waals surface area contributed by atoms with Crippen molar-refractivity contribution >= 4 is 65.5 Å². The minimum Gasteiger partial charge on any atom is -0.508 e. The van der Waals surface area contributed by atoms with E-state index in [2.05, 4.69) is 37.2 Å². The van der Waals surface area contributed by atoms with Gasteiger partial charge in [-0.1, -0.05) is 62.7 Å². The van der Waals surface area contributed by atoms with E-state index in [1.54, 1.807) is 56.3 Å². The molecule has 66 heavy (non-hydrogen) atoms. The van der Waals surface area contributed by atoms with Crippen LogP contribution in [0.5, 0.6) is 5.75 Å². The normalized spacial score (nSPS) is 13.9. The maximum Gasteiger partial charge on any atom is 0.247 e. The van der Waals surface area contributed by atoms with E-state index in [0.717, 1.165) is 4.90 Å². The van der Waals surface area contributed by atoms with E-state index in [9.17, 15) is 57.8 Å². The number of primary amides is 3. The molecule has 2 aromatic carbocycles. The van der Waals surface area contributed by atoms with Crippen LogP contribution in [0.15, 0.2) is 54.6 Å². The first kappa shape index (κ1) is 54.5. The molecule has 0 aromatic heterocycles. The fraction of sp³-hybridized carbons (Fsp3) is 0.452. The van der Waals surface area contributed by atoms with Gasteiger partial charge in [0.15, 0.2) is 0 Å². The van der Waals surface area contributed by atoms with Crippen LogP contribution >= 0.6 is 0 Å². The SMILES string of the molecule is CC[C@H](C)[C@H](NC(=O)[C@@H](N)Cc1ccc(O)cc1)C(=O)N[C@@H](CCC(N)=O)C(=O)N[C@@H](CC(N)=O)C(=O)N[C@@H](CNC=O)C(=O)N(C)CC(=O)N[C@@H](Cc1ccccc1)C(=O)NCC(N)=O. The van der Waals surface area contributed by atoms with Gasteiger partial charge in [-0.3, -0.25) is 52.7 Å². The lowest BCUT2D eigenvalue weighted by molar-refractivity contribution is -0.140. The van der Waals surface area contributed by atoms with Crippen molar-refractivity contribution in [3.05, 3.63) is 65.7 Å². The molecule has 0 aliphatic carbocycles. The number of hydrogen-bond donors (Lipinski definition) is 12. The third-order valence-corrected chi connectivity index (χ3v) is 10.0. The summed E-state index contributed by atoms with van der Waals surface area (Å²) in [6.07, 6.45) is -1.08. The van der Waals surface area contributed by atoms with E-state index in [1.807, 2.05) is 0 Å². The zero-order valence-corrected chi connectivity index (χ0v) is 36.9. The molecule has 0 spiro atoms. The van der Waals surface area contributed by atoms with E-state index in [0.29, 0.717) is 17.5 Å². The standard InChI is InChI=1S/C42H60N12O12/c1-4-23(2)36(53-37(61)27(43)16-25-10-12-26(56)13-11-25)41(65)50-28(14-15-32(44)57)39(63)51-30(18-33(45)58)40(64)52-31(19-47-22-55)42(66)54(3)21-35(60)49-29(38(62)48-20-34(46)59)17-24-8-6-5-7-9-24/h5-13,22-23,27-31,36,56H,4,14-21,43H2,1-3H3,(H2,44,57)(H2,45,58)(H2,46,59)(H,47,55)(H,48,62)(H,49,60)(H,50,65)(H,51,63)(H,52,64)(H,53,61)/t23-,27-,28-,29-,30-,31-,36-/m0/s1. The number of nitrogens with two attached hydrogens (primary N) is 4. The Morgan fingerprint density at radius 1 is 0.682 bits per heavy atom. The van der Waals surface area contributed by atoms with Crippen molar-refractivity contribution in [2.24, 2.45) is 28.9 Å². The summed E-state index contributed by atoms with van der Waals surface area (Å²) in [7, 11) is 1.18. The van der Waals surface area contributed by atoms with Gasteiger partial charge in [0.25, 0.3) is 0 Å². The second-order valence-corrected chi connectivity index (χ2v) is 15.4. The molecule has 360 valence electrons. The van der Waals surface area contributed by atoms with Gasteiger partial charge in [0.05, 0.1) is 25.6 Å². The molecule has 0 aliphatic rings. The minimum absolute atomic E-state index is 0.00931. The predicted octanol–water partition coefficient (Wildman–Crippen LogP) is -5.08. The first-order valence-corrected chi connectivity index (χ1v) is 20.8. The lowest BCUT2D eigenvalue weighted by Gasteiger charge is -2.29. The molecule has 0 unspecified atom stereocenters. The summed E-state index contributed by atoms with van der Waals surface area (Å²) < 4.78 is 0. The van der Waals surface area contributed by atoms with Gasteiger partial charge in [0.2, 0.25) is 65.5 Å². The molecule has 0 bridgehead atoms. The molecule has 0 fully saturated rings. The highest BCUT2D eigenvalue weighted by atomic mass is 16.3. The summed E-state index contributed by atoms with van der Waals surface area (Å²) in [4.78, 5) is 142. The number of rotatable bonds is 29. The molecule has 16 N–H and O–H groups in total. The Morgan fingerprint density at radius 2 is 1.27 bits per heavy atom. The van der Waals surface area contributed by atoms with Crippen molar-refractivity contribution in [2.75, 3.05) is 26.7 Å². The Bertz CT molecular complexity index is 2040. The van der Waals surface area contributed by atoms with E-state index >= 15 is 0 Å². The monoisotopic (exact) mass is 924 g/mol. The summed E-state index contributed by atoms with van der Waals surface area (Å²) in [5.41, 5.74) is 23.3. The maximum absolute atomic E-state index is 13.8. The summed E-state index contributed by atoms with van der Waals surface area (Å²) >= 11 is 0. The third kappa shape index (κ3) is 19.4. The summed E-state index contributed by atoms with van der Waals surface area (Å²) in [6.45, 7) is 1.64. The Balaban J connectivity index is 2.27. The molecular weight excluding hydrogens is 865 g/mol. The Morgan fingerprint density at radius 3 is 1.85 bits per heavy atom. The summed E-state index contributed by atoms with van der Waals surface area (Å²) in [5.74, 6) is -9.70. The molecule has 0 saturated heterocycles. The van der Waals surface area contributed by atoms with Gasteiger partial charge in [-0.15, -0.1) is 0 Å². The first-order chi connectivity index (χ1) is 31.1. The van der Waals surface area contributed by atoms with Crippen molar-refractivity contribution in [2.45, 2.75) is 88.6 Å².